The van der Waals surface area contributed by atoms with Crippen molar-refractivity contribution in [3.63, 3.8) is 0 Å². The van der Waals surface area contributed by atoms with E-state index in [9.17, 15) is 14.7 Å². The lowest BCUT2D eigenvalue weighted by Crippen LogP contribution is -2.11. The first-order valence-electron chi connectivity index (χ1n) is 9.88. The van der Waals surface area contributed by atoms with Gasteiger partial charge in [-0.2, -0.15) is 0 Å². The molecule has 2 atom stereocenters. The summed E-state index contributed by atoms with van der Waals surface area (Å²) in [5, 5.41) is 12.0. The summed E-state index contributed by atoms with van der Waals surface area (Å²) in [6.45, 7) is -3.00. The van der Waals surface area contributed by atoms with Crippen LogP contribution in [-0.4, -0.2) is 40.3 Å². The zero-order valence-electron chi connectivity index (χ0n) is 17.8. The van der Waals surface area contributed by atoms with Crippen molar-refractivity contribution in [1.29, 1.82) is 0 Å². The maximum Gasteiger partial charge on any atom is 0.346 e. The van der Waals surface area contributed by atoms with Gasteiger partial charge in [0.25, 0.3) is 5.69 Å². The second-order valence-corrected chi connectivity index (χ2v) is 7.69. The van der Waals surface area contributed by atoms with Crippen LogP contribution in [0.5, 0.6) is 0 Å². The van der Waals surface area contributed by atoms with E-state index in [-0.39, 0.29) is 16.6 Å². The van der Waals surface area contributed by atoms with Crippen LogP contribution in [0.3, 0.4) is 0 Å². The topological polar surface area (TPSA) is 75.5 Å². The normalized spacial score (nSPS) is 30.0. The number of nitrogens with zero attached hydrogens (tertiary/aromatic N) is 3. The molecule has 0 aliphatic carbocycles. The fourth-order valence-electron chi connectivity index (χ4n) is 2.65. The summed E-state index contributed by atoms with van der Waals surface area (Å²) in [4.78, 5) is 10.8. The molecule has 0 amide bonds. The number of benzene rings is 2. The van der Waals surface area contributed by atoms with Crippen LogP contribution in [0.1, 0.15) is 25.4 Å². The Bertz CT molecular complexity index is 1060. The second kappa shape index (κ2) is 5.63. The molecule has 2 saturated heterocycles. The van der Waals surface area contributed by atoms with Crippen LogP contribution in [0.15, 0.2) is 36.4 Å². The van der Waals surface area contributed by atoms with E-state index in [0.717, 1.165) is 0 Å². The van der Waals surface area contributed by atoms with Gasteiger partial charge in [0.2, 0.25) is 0 Å². The van der Waals surface area contributed by atoms with E-state index < -0.39 is 31.7 Å². The fraction of sp³-hybridized carbons (Fsp3) is 0.375. The highest BCUT2D eigenvalue weighted by atomic mass is 31.2. The number of rotatable bonds is 6. The average Bonchev–Trinajstić information content (AvgIpc) is 3.50. The molecule has 2 aliphatic heterocycles. The number of hydrogen-bond donors (Lipinski definition) is 0. The van der Waals surface area contributed by atoms with Gasteiger partial charge in [-0.05, 0) is 30.0 Å². The average molecular weight is 352 g/mol. The third-order valence-electron chi connectivity index (χ3n) is 3.98. The van der Waals surface area contributed by atoms with Gasteiger partial charge in [0.15, 0.2) is 0 Å². The monoisotopic (exact) mass is 352 g/mol. The smallest absolute Gasteiger partial charge is 0.298 e. The van der Waals surface area contributed by atoms with E-state index in [0.29, 0.717) is 23.1 Å². The molecule has 24 heavy (non-hydrogen) atoms. The van der Waals surface area contributed by atoms with Gasteiger partial charge in [-0.15, -0.1) is 0 Å². The molecule has 0 N–H and O–H groups in total. The Balaban J connectivity index is 1.79. The van der Waals surface area contributed by atoms with Crippen molar-refractivity contribution in [1.82, 2.24) is 9.34 Å². The molecular weight excluding hydrogens is 329 g/mol. The van der Waals surface area contributed by atoms with Crippen LogP contribution in [0.2, 0.25) is 0 Å². The number of nitro groups is 1. The third kappa shape index (κ3) is 2.63. The molecule has 2 aliphatic rings. The minimum absolute atomic E-state index is 0.145. The van der Waals surface area contributed by atoms with E-state index >= 15 is 0 Å². The van der Waals surface area contributed by atoms with E-state index in [1.807, 2.05) is 0 Å². The first kappa shape index (κ1) is 10.9. The Hall–Kier alpha value is -1.79. The summed E-state index contributed by atoms with van der Waals surface area (Å²) in [5.41, 5.74) is 0.0663. The predicted octanol–water partition coefficient (Wildman–Crippen LogP) is 3.56. The minimum Gasteiger partial charge on any atom is -0.298 e. The number of hydrogen-bond acceptors (Lipinski definition) is 4. The Morgan fingerprint density at radius 2 is 1.92 bits per heavy atom. The van der Waals surface area contributed by atoms with Crippen LogP contribution in [0, 0.1) is 10.1 Å². The molecule has 2 unspecified atom stereocenters. The highest BCUT2D eigenvalue weighted by molar-refractivity contribution is 7.54. The number of nitro benzene ring substituents is 1. The first-order chi connectivity index (χ1) is 13.3. The van der Waals surface area contributed by atoms with Crippen LogP contribution in [-0.2, 0) is 9.09 Å². The maximum absolute atomic E-state index is 13.6. The van der Waals surface area contributed by atoms with Gasteiger partial charge in [0.1, 0.15) is 0 Å². The quantitative estimate of drug-likeness (QED) is 0.342. The van der Waals surface area contributed by atoms with Gasteiger partial charge in [-0.3, -0.25) is 19.2 Å². The predicted molar refractivity (Wildman–Crippen MR) is 90.9 cm³/mol. The molecule has 2 aromatic carbocycles. The lowest BCUT2D eigenvalue weighted by atomic mass is 10.00. The maximum atomic E-state index is 13.6. The van der Waals surface area contributed by atoms with Gasteiger partial charge < -0.3 is 0 Å². The molecule has 0 spiro atoms. The van der Waals surface area contributed by atoms with Crippen molar-refractivity contribution >= 4 is 24.1 Å². The van der Waals surface area contributed by atoms with E-state index in [2.05, 4.69) is 0 Å². The Morgan fingerprint density at radius 1 is 1.25 bits per heavy atom. The van der Waals surface area contributed by atoms with E-state index in [4.69, 9.17) is 11.4 Å². The molecule has 2 aromatic rings. The summed E-state index contributed by atoms with van der Waals surface area (Å²) < 4.78 is 61.0. The van der Waals surface area contributed by atoms with Crippen molar-refractivity contribution in [2.75, 3.05) is 26.1 Å². The SMILES string of the molecule is [2H]C(C)(OP(=O)(N1CC1)N1C([2H])([2H])C1([2H])[2H])c1ccc([N+](=O)[O-])c2ccccc12. The van der Waals surface area contributed by atoms with Gasteiger partial charge in [0, 0.05) is 37.6 Å². The summed E-state index contributed by atoms with van der Waals surface area (Å²) >= 11 is 0. The molecule has 126 valence electrons. The van der Waals surface area contributed by atoms with Crippen LogP contribution < -0.4 is 0 Å². The van der Waals surface area contributed by atoms with Gasteiger partial charge >= 0.3 is 7.67 Å². The summed E-state index contributed by atoms with van der Waals surface area (Å²) in [7, 11) is -4.18. The molecule has 0 radical (unpaired) electrons. The van der Waals surface area contributed by atoms with Gasteiger partial charge in [-0.25, -0.2) is 9.34 Å². The van der Waals surface area contributed by atoms with E-state index in [1.165, 1.54) is 23.7 Å². The molecule has 7 nitrogen and oxygen atoms in total. The standard InChI is InChI=1S/C16H18N3O4P/c1-12(23-24(22,17-8-9-17)18-10-11-18)13-6-7-16(19(20)21)15-5-3-2-4-14(13)15/h2-7,12H,8-11H2,1H3/i8D2,9D2,12D. The van der Waals surface area contributed by atoms with Gasteiger partial charge in [0.05, 0.1) is 17.8 Å². The Labute approximate surface area is 146 Å². The van der Waals surface area contributed by atoms with Crippen molar-refractivity contribution in [2.45, 2.75) is 13.0 Å². The molecule has 0 aromatic heterocycles. The summed E-state index contributed by atoms with van der Waals surface area (Å²) in [6, 6.07) is 9.00. The third-order valence-corrected chi connectivity index (χ3v) is 6.31. The van der Waals surface area contributed by atoms with Gasteiger partial charge in [-0.1, -0.05) is 18.2 Å². The molecule has 2 heterocycles. The van der Waals surface area contributed by atoms with Crippen molar-refractivity contribution < 1.29 is 20.9 Å². The lowest BCUT2D eigenvalue weighted by molar-refractivity contribution is -0.383. The summed E-state index contributed by atoms with van der Waals surface area (Å²) in [6.07, 6.45) is -1.98. The molecule has 8 heteroatoms. The number of fused-ring (bicyclic) bond motifs is 1. The zero-order valence-corrected chi connectivity index (χ0v) is 13.7. The molecule has 0 saturated carbocycles. The van der Waals surface area contributed by atoms with Crippen LogP contribution >= 0.6 is 7.67 Å². The lowest BCUT2D eigenvalue weighted by Gasteiger charge is -2.24. The molecular formula is C16H18N3O4P. The van der Waals surface area contributed by atoms with Crippen molar-refractivity contribution in [3.05, 3.63) is 52.1 Å². The summed E-state index contributed by atoms with van der Waals surface area (Å²) in [5.74, 6) is 0. The van der Waals surface area contributed by atoms with E-state index in [1.54, 1.807) is 24.3 Å². The fourth-order valence-corrected chi connectivity index (χ4v) is 4.45. The number of non-ortho nitro benzene ring substituents is 1. The largest absolute Gasteiger partial charge is 0.346 e. The van der Waals surface area contributed by atoms with Crippen LogP contribution in [0.4, 0.5) is 5.69 Å². The Kier molecular flexibility index (Phi) is 2.57. The Morgan fingerprint density at radius 3 is 2.50 bits per heavy atom. The molecule has 0 bridgehead atoms. The molecule has 2 fully saturated rings. The minimum atomic E-state index is -4.18. The second-order valence-electron chi connectivity index (χ2n) is 5.56. The van der Waals surface area contributed by atoms with Crippen molar-refractivity contribution in [2.24, 2.45) is 0 Å². The highest BCUT2D eigenvalue weighted by Gasteiger charge is 2.50. The zero-order chi connectivity index (χ0) is 21.4. The van der Waals surface area contributed by atoms with Crippen LogP contribution in [0.25, 0.3) is 10.8 Å². The van der Waals surface area contributed by atoms with Crippen molar-refractivity contribution in [3.8, 4) is 0 Å². The molecule has 4 rings (SSSR count). The highest BCUT2D eigenvalue weighted by Crippen LogP contribution is 2.63. The first-order valence-corrected chi connectivity index (χ1v) is 8.91.